The molecular formula is C16H24Cl3N3O2. The molecule has 2 aliphatic rings. The summed E-state index contributed by atoms with van der Waals surface area (Å²) in [5, 5.41) is 3.40. The van der Waals surface area contributed by atoms with E-state index in [2.05, 4.69) is 10.2 Å². The number of benzene rings is 1. The molecule has 1 aromatic rings. The maximum absolute atomic E-state index is 12.4. The summed E-state index contributed by atoms with van der Waals surface area (Å²) in [4.78, 5) is 15.0. The number of rotatable bonds is 4. The quantitative estimate of drug-likeness (QED) is 0.768. The number of hydrogen-bond donors (Lipinski definition) is 2. The Morgan fingerprint density at radius 3 is 2.83 bits per heavy atom. The van der Waals surface area contributed by atoms with Gasteiger partial charge in [0.25, 0.3) is 5.91 Å². The second-order valence-corrected chi connectivity index (χ2v) is 6.49. The monoisotopic (exact) mass is 395 g/mol. The summed E-state index contributed by atoms with van der Waals surface area (Å²) in [7, 11) is 1.52. The van der Waals surface area contributed by atoms with Crippen LogP contribution in [0.2, 0.25) is 5.02 Å². The van der Waals surface area contributed by atoms with E-state index in [4.69, 9.17) is 22.1 Å². The van der Waals surface area contributed by atoms with Crippen molar-refractivity contribution in [3.05, 3.63) is 22.7 Å². The lowest BCUT2D eigenvalue weighted by molar-refractivity contribution is 0.0941. The van der Waals surface area contributed by atoms with Gasteiger partial charge in [0.05, 0.1) is 23.4 Å². The molecule has 2 fully saturated rings. The number of carbonyl (C=O) groups is 1. The fraction of sp³-hybridized carbons (Fsp3) is 0.562. The summed E-state index contributed by atoms with van der Waals surface area (Å²) in [5.74, 6) is 0.838. The summed E-state index contributed by atoms with van der Waals surface area (Å²) in [5.41, 5.74) is 6.59. The summed E-state index contributed by atoms with van der Waals surface area (Å²) < 4.78 is 5.24. The normalized spacial score (nSPS) is 22.2. The molecule has 3 rings (SSSR count). The molecule has 24 heavy (non-hydrogen) atoms. The van der Waals surface area contributed by atoms with Crippen LogP contribution in [0.25, 0.3) is 0 Å². The summed E-state index contributed by atoms with van der Waals surface area (Å²) in [6, 6.07) is 3.80. The number of nitrogens with zero attached hydrogens (tertiary/aromatic N) is 1. The molecule has 5 nitrogen and oxygen atoms in total. The Kier molecular flexibility index (Phi) is 7.93. The first-order valence-corrected chi connectivity index (χ1v) is 8.13. The number of nitrogen functional groups attached to an aromatic ring is 1. The van der Waals surface area contributed by atoms with Gasteiger partial charge in [-0.1, -0.05) is 11.6 Å². The van der Waals surface area contributed by atoms with Crippen molar-refractivity contribution >= 4 is 48.0 Å². The molecule has 1 aromatic carbocycles. The third kappa shape index (κ3) is 4.20. The van der Waals surface area contributed by atoms with Crippen LogP contribution in [0, 0.1) is 5.92 Å². The minimum absolute atomic E-state index is 0. The van der Waals surface area contributed by atoms with Crippen molar-refractivity contribution in [2.45, 2.75) is 25.3 Å². The lowest BCUT2D eigenvalue weighted by Gasteiger charge is -2.20. The summed E-state index contributed by atoms with van der Waals surface area (Å²) >= 11 is 6.02. The van der Waals surface area contributed by atoms with Crippen LogP contribution in [0.4, 0.5) is 5.69 Å². The van der Waals surface area contributed by atoms with Crippen LogP contribution < -0.4 is 15.8 Å². The molecule has 0 unspecified atom stereocenters. The third-order valence-electron chi connectivity index (χ3n) is 4.83. The molecule has 0 saturated carbocycles. The Morgan fingerprint density at radius 1 is 1.38 bits per heavy atom. The first-order chi connectivity index (χ1) is 10.6. The van der Waals surface area contributed by atoms with Gasteiger partial charge in [0.15, 0.2) is 0 Å². The Morgan fingerprint density at radius 2 is 2.12 bits per heavy atom. The molecule has 0 radical (unpaired) electrons. The van der Waals surface area contributed by atoms with Gasteiger partial charge in [-0.05, 0) is 44.3 Å². The van der Waals surface area contributed by atoms with E-state index in [0.29, 0.717) is 40.5 Å². The van der Waals surface area contributed by atoms with Crippen molar-refractivity contribution in [1.82, 2.24) is 10.2 Å². The van der Waals surface area contributed by atoms with Crippen LogP contribution in [-0.2, 0) is 0 Å². The lowest BCUT2D eigenvalue weighted by atomic mass is 9.98. The molecule has 0 aliphatic carbocycles. The number of halogens is 3. The van der Waals surface area contributed by atoms with E-state index in [1.165, 1.54) is 26.5 Å². The number of fused-ring (bicyclic) bond motifs is 1. The number of carbonyl (C=O) groups excluding carboxylic acids is 1. The fourth-order valence-corrected chi connectivity index (χ4v) is 3.82. The maximum Gasteiger partial charge on any atom is 0.255 e. The highest BCUT2D eigenvalue weighted by molar-refractivity contribution is 6.33. The van der Waals surface area contributed by atoms with E-state index in [-0.39, 0.29) is 30.7 Å². The SMILES string of the molecule is COc1cc(N)c(Cl)cc1C(=O)NC[C@@H]1CCN2CCC[C@@H]12.Cl.Cl. The van der Waals surface area contributed by atoms with Gasteiger partial charge in [-0.3, -0.25) is 4.79 Å². The van der Waals surface area contributed by atoms with Crippen molar-refractivity contribution < 1.29 is 9.53 Å². The molecule has 2 aliphatic heterocycles. The van der Waals surface area contributed by atoms with Crippen molar-refractivity contribution in [2.75, 3.05) is 32.5 Å². The number of anilines is 1. The van der Waals surface area contributed by atoms with E-state index < -0.39 is 0 Å². The minimum Gasteiger partial charge on any atom is -0.496 e. The summed E-state index contributed by atoms with van der Waals surface area (Å²) in [6.07, 6.45) is 3.68. The number of nitrogens with two attached hydrogens (primary N) is 1. The Bertz CT molecular complexity index is 586. The first-order valence-electron chi connectivity index (χ1n) is 7.75. The van der Waals surface area contributed by atoms with Crippen LogP contribution in [0.15, 0.2) is 12.1 Å². The largest absolute Gasteiger partial charge is 0.496 e. The van der Waals surface area contributed by atoms with Gasteiger partial charge in [0.1, 0.15) is 5.75 Å². The first kappa shape index (κ1) is 21.2. The van der Waals surface area contributed by atoms with Crippen molar-refractivity contribution in [2.24, 2.45) is 5.92 Å². The van der Waals surface area contributed by atoms with Crippen LogP contribution >= 0.6 is 36.4 Å². The molecule has 0 aromatic heterocycles. The molecule has 8 heteroatoms. The Balaban J connectivity index is 0.00000144. The van der Waals surface area contributed by atoms with Gasteiger partial charge in [0.2, 0.25) is 0 Å². The molecule has 0 bridgehead atoms. The number of amides is 1. The van der Waals surface area contributed by atoms with Gasteiger partial charge in [-0.25, -0.2) is 0 Å². The summed E-state index contributed by atoms with van der Waals surface area (Å²) in [6.45, 7) is 3.06. The van der Waals surface area contributed by atoms with Gasteiger partial charge < -0.3 is 20.7 Å². The zero-order chi connectivity index (χ0) is 15.7. The van der Waals surface area contributed by atoms with Crippen LogP contribution in [0.5, 0.6) is 5.75 Å². The smallest absolute Gasteiger partial charge is 0.255 e. The topological polar surface area (TPSA) is 67.6 Å². The highest BCUT2D eigenvalue weighted by atomic mass is 35.5. The zero-order valence-electron chi connectivity index (χ0n) is 13.6. The predicted octanol–water partition coefficient (Wildman–Crippen LogP) is 2.99. The van der Waals surface area contributed by atoms with Crippen molar-refractivity contribution in [1.29, 1.82) is 0 Å². The van der Waals surface area contributed by atoms with Crippen LogP contribution in [-0.4, -0.2) is 43.6 Å². The fourth-order valence-electron chi connectivity index (χ4n) is 3.66. The Hall–Kier alpha value is -0.880. The number of nitrogens with one attached hydrogen (secondary N) is 1. The number of ether oxygens (including phenoxy) is 1. The maximum atomic E-state index is 12.4. The molecule has 136 valence electrons. The average molecular weight is 397 g/mol. The predicted molar refractivity (Wildman–Crippen MR) is 102 cm³/mol. The van der Waals surface area contributed by atoms with Crippen molar-refractivity contribution in [3.63, 3.8) is 0 Å². The van der Waals surface area contributed by atoms with Gasteiger partial charge in [0, 0.05) is 18.7 Å². The molecule has 3 N–H and O–H groups in total. The third-order valence-corrected chi connectivity index (χ3v) is 5.16. The molecule has 0 spiro atoms. The second-order valence-electron chi connectivity index (χ2n) is 6.08. The van der Waals surface area contributed by atoms with Gasteiger partial charge in [-0.2, -0.15) is 0 Å². The van der Waals surface area contributed by atoms with Gasteiger partial charge >= 0.3 is 0 Å². The highest BCUT2D eigenvalue weighted by Crippen LogP contribution is 2.32. The standard InChI is InChI=1S/C16H22ClN3O2.2ClH/c1-22-15-8-13(18)12(17)7-11(15)16(21)19-9-10-4-6-20-5-2-3-14(10)20;;/h7-8,10,14H,2-6,9,18H2,1H3,(H,19,21);2*1H/t10-,14-;;/m0../s1. The van der Waals surface area contributed by atoms with E-state index in [9.17, 15) is 4.79 Å². The molecule has 2 atom stereocenters. The van der Waals surface area contributed by atoms with E-state index in [1.807, 2.05) is 0 Å². The van der Waals surface area contributed by atoms with Crippen LogP contribution in [0.3, 0.4) is 0 Å². The molecular weight excluding hydrogens is 373 g/mol. The van der Waals surface area contributed by atoms with E-state index in [1.54, 1.807) is 12.1 Å². The lowest BCUT2D eigenvalue weighted by Crippen LogP contribution is -2.35. The number of methoxy groups -OCH3 is 1. The molecule has 2 saturated heterocycles. The van der Waals surface area contributed by atoms with Gasteiger partial charge in [-0.15, -0.1) is 24.8 Å². The molecule has 2 heterocycles. The number of hydrogen-bond acceptors (Lipinski definition) is 4. The van der Waals surface area contributed by atoms with Crippen LogP contribution in [0.1, 0.15) is 29.6 Å². The average Bonchev–Trinajstić information content (AvgIpc) is 3.10. The zero-order valence-corrected chi connectivity index (χ0v) is 16.0. The van der Waals surface area contributed by atoms with Crippen molar-refractivity contribution in [3.8, 4) is 5.75 Å². The minimum atomic E-state index is -0.157. The molecule has 1 amide bonds. The highest BCUT2D eigenvalue weighted by Gasteiger charge is 2.37. The van der Waals surface area contributed by atoms with E-state index in [0.717, 1.165) is 13.0 Å². The second kappa shape index (κ2) is 8.99. The van der Waals surface area contributed by atoms with E-state index >= 15 is 0 Å². The Labute approximate surface area is 160 Å².